The van der Waals surface area contributed by atoms with Crippen molar-refractivity contribution in [1.82, 2.24) is 0 Å². The molecule has 17 heavy (non-hydrogen) atoms. The van der Waals surface area contributed by atoms with Crippen molar-refractivity contribution >= 4 is 35.2 Å². The average Bonchev–Trinajstić information content (AvgIpc) is 2.39. The predicted molar refractivity (Wildman–Crippen MR) is 76.5 cm³/mol. The van der Waals surface area contributed by atoms with E-state index in [1.807, 2.05) is 48.5 Å². The van der Waals surface area contributed by atoms with E-state index < -0.39 is 0 Å². The fourth-order valence-electron chi connectivity index (χ4n) is 1.53. The van der Waals surface area contributed by atoms with Crippen LogP contribution in [0.2, 0.25) is 0 Å². The fourth-order valence-corrected chi connectivity index (χ4v) is 1.63. The maximum absolute atomic E-state index is 4.63. The van der Waals surface area contributed by atoms with E-state index in [1.165, 1.54) is 0 Å². The molecule has 0 aliphatic carbocycles. The Morgan fingerprint density at radius 2 is 1.59 bits per heavy atom. The Bertz CT molecular complexity index is 566. The second-order valence-electron chi connectivity index (χ2n) is 3.51. The quantitative estimate of drug-likeness (QED) is 0.432. The molecular weight excluding hydrogens is 226 g/mol. The van der Waals surface area contributed by atoms with Gasteiger partial charge in [0.05, 0.1) is 10.8 Å². The van der Waals surface area contributed by atoms with Crippen LogP contribution in [0, 0.1) is 0 Å². The number of hydrogen-bond acceptors (Lipinski definition) is 2. The summed E-state index contributed by atoms with van der Waals surface area (Å²) in [4.78, 5) is 4.03. The molecular formula is C15H11NS. The Balaban J connectivity index is 2.30. The van der Waals surface area contributed by atoms with Crippen LogP contribution in [-0.4, -0.2) is 5.16 Å². The van der Waals surface area contributed by atoms with Crippen LogP contribution in [0.15, 0.2) is 59.6 Å². The first-order valence-electron chi connectivity index (χ1n) is 5.30. The fraction of sp³-hybridized carbons (Fsp3) is 0. The van der Waals surface area contributed by atoms with Gasteiger partial charge in [-0.15, -0.1) is 0 Å². The largest absolute Gasteiger partial charge is 0.194 e. The molecule has 0 unspecified atom stereocenters. The number of aliphatic imine (C=N–C) groups is 1. The van der Waals surface area contributed by atoms with E-state index in [0.29, 0.717) is 0 Å². The van der Waals surface area contributed by atoms with Crippen molar-refractivity contribution in [1.29, 1.82) is 0 Å². The zero-order valence-corrected chi connectivity index (χ0v) is 10.0. The summed E-state index contributed by atoms with van der Waals surface area (Å²) in [5.74, 6) is 0. The minimum atomic E-state index is 0.842. The molecule has 0 fully saturated rings. The van der Waals surface area contributed by atoms with Crippen LogP contribution in [0.4, 0.5) is 5.69 Å². The molecule has 2 rings (SSSR count). The lowest BCUT2D eigenvalue weighted by atomic mass is 10.1. The van der Waals surface area contributed by atoms with Crippen molar-refractivity contribution in [3.63, 3.8) is 0 Å². The van der Waals surface area contributed by atoms with Crippen molar-refractivity contribution in [2.75, 3.05) is 0 Å². The summed E-state index contributed by atoms with van der Waals surface area (Å²) in [6.45, 7) is 0. The topological polar surface area (TPSA) is 12.4 Å². The minimum absolute atomic E-state index is 0.842. The van der Waals surface area contributed by atoms with Gasteiger partial charge in [0.15, 0.2) is 0 Å². The molecule has 0 saturated carbocycles. The molecule has 2 aromatic rings. The van der Waals surface area contributed by atoms with Crippen molar-refractivity contribution in [2.24, 2.45) is 4.99 Å². The van der Waals surface area contributed by atoms with Gasteiger partial charge >= 0.3 is 0 Å². The Morgan fingerprint density at radius 3 is 2.35 bits per heavy atom. The first kappa shape index (κ1) is 11.5. The van der Waals surface area contributed by atoms with Gasteiger partial charge in [-0.3, -0.25) is 0 Å². The van der Waals surface area contributed by atoms with Gasteiger partial charge in [-0.2, -0.15) is 4.99 Å². The highest BCUT2D eigenvalue weighted by Crippen LogP contribution is 2.20. The van der Waals surface area contributed by atoms with Crippen LogP contribution in [0.3, 0.4) is 0 Å². The predicted octanol–water partition coefficient (Wildman–Crippen LogP) is 4.59. The highest BCUT2D eigenvalue weighted by molar-refractivity contribution is 7.78. The summed E-state index contributed by atoms with van der Waals surface area (Å²) >= 11 is 4.63. The number of hydrogen-bond donors (Lipinski definition) is 0. The first-order chi connectivity index (χ1) is 8.40. The van der Waals surface area contributed by atoms with Gasteiger partial charge in [0.2, 0.25) is 0 Å². The van der Waals surface area contributed by atoms with Crippen LogP contribution in [0.1, 0.15) is 11.1 Å². The van der Waals surface area contributed by atoms with Crippen LogP contribution >= 0.6 is 12.2 Å². The van der Waals surface area contributed by atoms with Crippen molar-refractivity contribution in [3.8, 4) is 0 Å². The third-order valence-electron chi connectivity index (χ3n) is 2.36. The van der Waals surface area contributed by atoms with Gasteiger partial charge in [-0.05, 0) is 23.8 Å². The number of thiocarbonyl (C=S) groups is 1. The number of nitrogens with zero attached hydrogens (tertiary/aromatic N) is 1. The molecule has 0 bridgehead atoms. The average molecular weight is 237 g/mol. The lowest BCUT2D eigenvalue weighted by Gasteiger charge is -1.98. The van der Waals surface area contributed by atoms with E-state index in [-0.39, 0.29) is 0 Å². The van der Waals surface area contributed by atoms with Crippen molar-refractivity contribution in [3.05, 3.63) is 65.7 Å². The molecule has 0 aliphatic rings. The van der Waals surface area contributed by atoms with Gasteiger partial charge in [-0.25, -0.2) is 0 Å². The summed E-state index contributed by atoms with van der Waals surface area (Å²) in [5.41, 5.74) is 3.04. The van der Waals surface area contributed by atoms with Crippen LogP contribution in [-0.2, 0) is 0 Å². The Labute approximate surface area is 106 Å². The first-order valence-corrected chi connectivity index (χ1v) is 5.71. The second kappa shape index (κ2) is 5.90. The summed E-state index contributed by atoms with van der Waals surface area (Å²) in [6, 6.07) is 18.0. The monoisotopic (exact) mass is 237 g/mol. The molecule has 0 saturated heterocycles. The summed E-state index contributed by atoms with van der Waals surface area (Å²) in [6.07, 6.45) is 4.08. The van der Waals surface area contributed by atoms with Crippen molar-refractivity contribution in [2.45, 2.75) is 0 Å². The molecule has 2 aromatic carbocycles. The smallest absolute Gasteiger partial charge is 0.0811 e. The molecule has 0 radical (unpaired) electrons. The molecule has 2 heteroatoms. The third-order valence-corrected chi connectivity index (χ3v) is 2.45. The van der Waals surface area contributed by atoms with E-state index >= 15 is 0 Å². The normalized spacial score (nSPS) is 10.1. The molecule has 0 aliphatic heterocycles. The van der Waals surface area contributed by atoms with Crippen LogP contribution in [0.25, 0.3) is 12.2 Å². The standard InChI is InChI=1S/C15H11NS/c17-12-16-15-9-5-4-8-14(15)11-10-13-6-2-1-3-7-13/h1-11H/b11-10-. The summed E-state index contributed by atoms with van der Waals surface area (Å²) < 4.78 is 0. The highest BCUT2D eigenvalue weighted by Gasteiger charge is 1.94. The Hall–Kier alpha value is -2.02. The lowest BCUT2D eigenvalue weighted by Crippen LogP contribution is -1.74. The molecule has 0 amide bonds. The second-order valence-corrected chi connectivity index (χ2v) is 3.69. The number of para-hydroxylation sites is 1. The van der Waals surface area contributed by atoms with Crippen LogP contribution < -0.4 is 0 Å². The van der Waals surface area contributed by atoms with E-state index in [9.17, 15) is 0 Å². The maximum Gasteiger partial charge on any atom is 0.0811 e. The SMILES string of the molecule is S=C=Nc1ccccc1/C=C\c1ccccc1. The molecule has 0 atom stereocenters. The highest BCUT2D eigenvalue weighted by atomic mass is 32.1. The molecule has 82 valence electrons. The summed E-state index contributed by atoms with van der Waals surface area (Å²) in [5, 5.41) is 2.40. The summed E-state index contributed by atoms with van der Waals surface area (Å²) in [7, 11) is 0. The molecule has 0 heterocycles. The van der Waals surface area contributed by atoms with Gasteiger partial charge in [0.25, 0.3) is 0 Å². The van der Waals surface area contributed by atoms with E-state index in [4.69, 9.17) is 0 Å². The van der Waals surface area contributed by atoms with Gasteiger partial charge in [-0.1, -0.05) is 60.7 Å². The van der Waals surface area contributed by atoms with E-state index in [2.05, 4.69) is 40.6 Å². The molecule has 1 nitrogen and oxygen atoms in total. The third kappa shape index (κ3) is 3.22. The van der Waals surface area contributed by atoms with Crippen molar-refractivity contribution < 1.29 is 0 Å². The van der Waals surface area contributed by atoms with Gasteiger partial charge < -0.3 is 0 Å². The number of isothiocyanates is 1. The Morgan fingerprint density at radius 1 is 0.882 bits per heavy atom. The number of rotatable bonds is 3. The number of benzene rings is 2. The Kier molecular flexibility index (Phi) is 3.98. The minimum Gasteiger partial charge on any atom is -0.194 e. The van der Waals surface area contributed by atoms with E-state index in [0.717, 1.165) is 16.8 Å². The van der Waals surface area contributed by atoms with Gasteiger partial charge in [0, 0.05) is 5.56 Å². The lowest BCUT2D eigenvalue weighted by molar-refractivity contribution is 1.52. The maximum atomic E-state index is 4.63. The molecule has 0 N–H and O–H groups in total. The van der Waals surface area contributed by atoms with E-state index in [1.54, 1.807) is 0 Å². The zero-order chi connectivity index (χ0) is 11.9. The van der Waals surface area contributed by atoms with Gasteiger partial charge in [0.1, 0.15) is 0 Å². The zero-order valence-electron chi connectivity index (χ0n) is 9.21. The molecule has 0 aromatic heterocycles. The van der Waals surface area contributed by atoms with Crippen LogP contribution in [0.5, 0.6) is 0 Å². The molecule has 0 spiro atoms.